The number of nitrogens with one attached hydrogen (secondary N) is 2. The molecule has 5 heteroatoms. The first-order chi connectivity index (χ1) is 7.15. The Labute approximate surface area is 91.2 Å². The first kappa shape index (κ1) is 12.4. The fourth-order valence-electron chi connectivity index (χ4n) is 1.63. The van der Waals surface area contributed by atoms with Crippen molar-refractivity contribution in [3.8, 4) is 0 Å². The van der Waals surface area contributed by atoms with Crippen LogP contribution in [0.4, 0.5) is 0 Å². The van der Waals surface area contributed by atoms with Gasteiger partial charge in [0.15, 0.2) is 0 Å². The van der Waals surface area contributed by atoms with E-state index in [9.17, 15) is 4.79 Å². The maximum absolute atomic E-state index is 11.4. The number of carbonyl (C=O) groups is 1. The molecule has 1 amide bonds. The van der Waals surface area contributed by atoms with Gasteiger partial charge in [0.2, 0.25) is 5.91 Å². The number of morpholine rings is 1. The third-order valence-electron chi connectivity index (χ3n) is 2.78. The number of nitrogens with zero attached hydrogens (tertiary/aromatic N) is 1. The van der Waals surface area contributed by atoms with E-state index in [4.69, 9.17) is 4.74 Å². The smallest absolute Gasteiger partial charge is 0.236 e. The number of rotatable bonds is 4. The molecule has 1 aliphatic rings. The maximum atomic E-state index is 11.4. The molecule has 0 aromatic heterocycles. The van der Waals surface area contributed by atoms with Gasteiger partial charge in [-0.2, -0.15) is 0 Å². The zero-order valence-electron chi connectivity index (χ0n) is 9.75. The van der Waals surface area contributed by atoms with Gasteiger partial charge in [-0.3, -0.25) is 9.69 Å². The van der Waals surface area contributed by atoms with E-state index < -0.39 is 0 Å². The van der Waals surface area contributed by atoms with E-state index >= 15 is 0 Å². The highest BCUT2D eigenvalue weighted by Crippen LogP contribution is 2.02. The Bertz CT molecular complexity index is 205. The highest BCUT2D eigenvalue weighted by atomic mass is 16.5. The second-order valence-electron chi connectivity index (χ2n) is 3.93. The molecule has 0 radical (unpaired) electrons. The molecule has 88 valence electrons. The van der Waals surface area contributed by atoms with Crippen molar-refractivity contribution in [3.63, 3.8) is 0 Å². The fraction of sp³-hybridized carbons (Fsp3) is 0.900. The molecule has 1 fully saturated rings. The topological polar surface area (TPSA) is 53.6 Å². The first-order valence-corrected chi connectivity index (χ1v) is 5.39. The van der Waals surface area contributed by atoms with Crippen molar-refractivity contribution < 1.29 is 9.53 Å². The van der Waals surface area contributed by atoms with Crippen LogP contribution in [0.5, 0.6) is 0 Å². The third kappa shape index (κ3) is 3.77. The van der Waals surface area contributed by atoms with E-state index in [1.807, 2.05) is 18.9 Å². The zero-order valence-corrected chi connectivity index (χ0v) is 9.75. The van der Waals surface area contributed by atoms with Gasteiger partial charge in [-0.05, 0) is 14.0 Å². The molecule has 1 heterocycles. The molecule has 5 nitrogen and oxygen atoms in total. The van der Waals surface area contributed by atoms with Gasteiger partial charge in [0, 0.05) is 26.7 Å². The van der Waals surface area contributed by atoms with Crippen LogP contribution in [0.15, 0.2) is 0 Å². The van der Waals surface area contributed by atoms with Crippen LogP contribution >= 0.6 is 0 Å². The van der Waals surface area contributed by atoms with E-state index in [1.54, 1.807) is 7.05 Å². The Hall–Kier alpha value is -0.650. The normalized spacial score (nSPS) is 23.9. The highest BCUT2D eigenvalue weighted by Gasteiger charge is 2.21. The Morgan fingerprint density at radius 3 is 3.00 bits per heavy atom. The lowest BCUT2D eigenvalue weighted by molar-refractivity contribution is -0.125. The number of likely N-dealkylation sites (N-methyl/N-ethyl adjacent to an activating group) is 2. The van der Waals surface area contributed by atoms with Crippen molar-refractivity contribution in [1.82, 2.24) is 15.5 Å². The molecule has 1 aliphatic heterocycles. The van der Waals surface area contributed by atoms with Gasteiger partial charge in [0.25, 0.3) is 0 Å². The van der Waals surface area contributed by atoms with Gasteiger partial charge in [0.05, 0.1) is 18.8 Å². The van der Waals surface area contributed by atoms with Gasteiger partial charge >= 0.3 is 0 Å². The molecule has 2 atom stereocenters. The van der Waals surface area contributed by atoms with Crippen LogP contribution in [-0.4, -0.2) is 63.3 Å². The summed E-state index contributed by atoms with van der Waals surface area (Å²) in [7, 11) is 3.60. The molecule has 2 unspecified atom stereocenters. The predicted octanol–water partition coefficient (Wildman–Crippen LogP) is -0.959. The average Bonchev–Trinajstić information content (AvgIpc) is 2.28. The van der Waals surface area contributed by atoms with Gasteiger partial charge in [-0.1, -0.05) is 0 Å². The van der Waals surface area contributed by atoms with E-state index in [2.05, 4.69) is 10.6 Å². The molecule has 1 saturated heterocycles. The quantitative estimate of drug-likeness (QED) is 0.634. The Balaban J connectivity index is 2.32. The molecule has 15 heavy (non-hydrogen) atoms. The molecule has 0 aromatic carbocycles. The molecular formula is C10H21N3O2. The third-order valence-corrected chi connectivity index (χ3v) is 2.78. The Morgan fingerprint density at radius 1 is 1.73 bits per heavy atom. The zero-order chi connectivity index (χ0) is 11.3. The van der Waals surface area contributed by atoms with Crippen LogP contribution in [0.3, 0.4) is 0 Å². The number of ether oxygens (including phenoxy) is 1. The lowest BCUT2D eigenvalue weighted by atomic mass is 10.2. The second kappa shape index (κ2) is 6.05. The summed E-state index contributed by atoms with van der Waals surface area (Å²) in [6.07, 6.45) is 0.191. The minimum Gasteiger partial charge on any atom is -0.374 e. The lowest BCUT2D eigenvalue weighted by Crippen LogP contribution is -2.49. The van der Waals surface area contributed by atoms with Crippen LogP contribution in [0.1, 0.15) is 6.92 Å². The number of amides is 1. The van der Waals surface area contributed by atoms with Crippen LogP contribution in [0.25, 0.3) is 0 Å². The molecule has 0 spiro atoms. The molecule has 0 saturated carbocycles. The fourth-order valence-corrected chi connectivity index (χ4v) is 1.63. The Kier molecular flexibility index (Phi) is 5.01. The lowest BCUT2D eigenvalue weighted by Gasteiger charge is -2.30. The van der Waals surface area contributed by atoms with E-state index in [1.165, 1.54) is 0 Å². The number of hydrogen-bond acceptors (Lipinski definition) is 4. The molecule has 0 aliphatic carbocycles. The van der Waals surface area contributed by atoms with Crippen molar-refractivity contribution in [2.75, 3.05) is 40.3 Å². The average molecular weight is 215 g/mol. The molecular weight excluding hydrogens is 194 g/mol. The van der Waals surface area contributed by atoms with E-state index in [-0.39, 0.29) is 18.1 Å². The standard InChI is InChI=1S/C10H21N3O2/c1-8(10(14)11-2)13(3)7-9-6-12-4-5-15-9/h8-9,12H,4-7H2,1-3H3,(H,11,14). The largest absolute Gasteiger partial charge is 0.374 e. The van der Waals surface area contributed by atoms with Crippen molar-refractivity contribution in [2.45, 2.75) is 19.1 Å². The summed E-state index contributed by atoms with van der Waals surface area (Å²) >= 11 is 0. The van der Waals surface area contributed by atoms with Crippen LogP contribution in [0.2, 0.25) is 0 Å². The molecule has 1 rings (SSSR count). The summed E-state index contributed by atoms with van der Waals surface area (Å²) in [5.74, 6) is 0.0428. The van der Waals surface area contributed by atoms with E-state index in [0.29, 0.717) is 0 Å². The van der Waals surface area contributed by atoms with Crippen molar-refractivity contribution in [3.05, 3.63) is 0 Å². The minimum absolute atomic E-state index is 0.0428. The van der Waals surface area contributed by atoms with E-state index in [0.717, 1.165) is 26.2 Å². The second-order valence-corrected chi connectivity index (χ2v) is 3.93. The van der Waals surface area contributed by atoms with Gasteiger partial charge in [-0.25, -0.2) is 0 Å². The van der Waals surface area contributed by atoms with Crippen molar-refractivity contribution in [1.29, 1.82) is 0 Å². The van der Waals surface area contributed by atoms with Gasteiger partial charge in [-0.15, -0.1) is 0 Å². The summed E-state index contributed by atoms with van der Waals surface area (Å²) in [5.41, 5.74) is 0. The number of carbonyl (C=O) groups excluding carboxylic acids is 1. The van der Waals surface area contributed by atoms with Gasteiger partial charge in [0.1, 0.15) is 0 Å². The minimum atomic E-state index is -0.111. The first-order valence-electron chi connectivity index (χ1n) is 5.39. The number of hydrogen-bond donors (Lipinski definition) is 2. The molecule has 0 aromatic rings. The summed E-state index contributed by atoms with van der Waals surface area (Å²) in [4.78, 5) is 13.4. The maximum Gasteiger partial charge on any atom is 0.236 e. The predicted molar refractivity (Wildman–Crippen MR) is 58.8 cm³/mol. The van der Waals surface area contributed by atoms with Crippen molar-refractivity contribution >= 4 is 5.91 Å². The summed E-state index contributed by atoms with van der Waals surface area (Å²) < 4.78 is 5.58. The molecule has 0 bridgehead atoms. The molecule has 2 N–H and O–H groups in total. The summed E-state index contributed by atoms with van der Waals surface area (Å²) in [6.45, 7) is 5.22. The van der Waals surface area contributed by atoms with Crippen LogP contribution in [-0.2, 0) is 9.53 Å². The van der Waals surface area contributed by atoms with Crippen LogP contribution in [0, 0.1) is 0 Å². The SMILES string of the molecule is CNC(=O)C(C)N(C)CC1CNCCO1. The van der Waals surface area contributed by atoms with Crippen molar-refractivity contribution in [2.24, 2.45) is 0 Å². The summed E-state index contributed by atoms with van der Waals surface area (Å²) in [6, 6.07) is -0.111. The van der Waals surface area contributed by atoms with Gasteiger partial charge < -0.3 is 15.4 Å². The van der Waals surface area contributed by atoms with Crippen LogP contribution < -0.4 is 10.6 Å². The Morgan fingerprint density at radius 2 is 2.47 bits per heavy atom. The monoisotopic (exact) mass is 215 g/mol. The summed E-state index contributed by atoms with van der Waals surface area (Å²) in [5, 5.41) is 5.92. The highest BCUT2D eigenvalue weighted by molar-refractivity contribution is 5.80.